The topological polar surface area (TPSA) is 84.9 Å². The van der Waals surface area contributed by atoms with Crippen molar-refractivity contribution < 1.29 is 23.9 Å². The number of nitrogens with one attached hydrogen (secondary N) is 1. The van der Waals surface area contributed by atoms with E-state index in [0.29, 0.717) is 43.3 Å². The number of ether oxygens (including phenoxy) is 2. The van der Waals surface area contributed by atoms with Crippen molar-refractivity contribution in [1.82, 2.24) is 10.2 Å². The van der Waals surface area contributed by atoms with E-state index in [0.717, 1.165) is 19.3 Å². The lowest BCUT2D eigenvalue weighted by Crippen LogP contribution is -2.41. The molecule has 1 heterocycles. The standard InChI is InChI=1S/C26H32N2O5/c1-3-32-26(31)33-23-11-8-22(9-12-23)25(30)28-16-14-20(15-17-28)18-27-24(29)13-10-21-7-5-4-6-19(21)2/h4-9,11-12,20H,3,10,13-18H2,1-2H3,(H,27,29). The number of aryl methyl sites for hydroxylation is 2. The number of nitrogens with zero attached hydrogens (tertiary/aromatic N) is 1. The minimum Gasteiger partial charge on any atom is -0.434 e. The van der Waals surface area contributed by atoms with Crippen LogP contribution in [0.2, 0.25) is 0 Å². The van der Waals surface area contributed by atoms with Gasteiger partial charge in [0.1, 0.15) is 5.75 Å². The fourth-order valence-electron chi connectivity index (χ4n) is 3.92. The van der Waals surface area contributed by atoms with Crippen LogP contribution in [0.4, 0.5) is 4.79 Å². The zero-order chi connectivity index (χ0) is 23.6. The van der Waals surface area contributed by atoms with Gasteiger partial charge in [0, 0.05) is 31.6 Å². The Hall–Kier alpha value is -3.35. The van der Waals surface area contributed by atoms with Crippen molar-refractivity contribution in [2.45, 2.75) is 39.5 Å². The summed E-state index contributed by atoms with van der Waals surface area (Å²) in [5.41, 5.74) is 2.97. The van der Waals surface area contributed by atoms with Gasteiger partial charge in [-0.05, 0) is 74.4 Å². The highest BCUT2D eigenvalue weighted by atomic mass is 16.7. The Morgan fingerprint density at radius 2 is 1.73 bits per heavy atom. The molecule has 1 N–H and O–H groups in total. The lowest BCUT2D eigenvalue weighted by molar-refractivity contribution is -0.121. The first-order valence-electron chi connectivity index (χ1n) is 11.5. The summed E-state index contributed by atoms with van der Waals surface area (Å²) in [4.78, 5) is 38.2. The Kier molecular flexibility index (Phi) is 8.87. The molecule has 0 saturated carbocycles. The van der Waals surface area contributed by atoms with E-state index in [1.807, 2.05) is 17.0 Å². The SMILES string of the molecule is CCOC(=O)Oc1ccc(C(=O)N2CCC(CNC(=O)CCc3ccccc3C)CC2)cc1. The van der Waals surface area contributed by atoms with Crippen molar-refractivity contribution >= 4 is 18.0 Å². The maximum Gasteiger partial charge on any atom is 0.513 e. The lowest BCUT2D eigenvalue weighted by atomic mass is 9.96. The van der Waals surface area contributed by atoms with Gasteiger partial charge in [-0.2, -0.15) is 0 Å². The Balaban J connectivity index is 1.38. The van der Waals surface area contributed by atoms with E-state index in [9.17, 15) is 14.4 Å². The van der Waals surface area contributed by atoms with E-state index in [2.05, 4.69) is 24.4 Å². The van der Waals surface area contributed by atoms with Crippen LogP contribution in [-0.4, -0.2) is 49.1 Å². The molecule has 0 bridgehead atoms. The molecule has 2 aromatic rings. The highest BCUT2D eigenvalue weighted by molar-refractivity contribution is 5.94. The summed E-state index contributed by atoms with van der Waals surface area (Å²) in [5.74, 6) is 0.735. The molecule has 1 fully saturated rings. The van der Waals surface area contributed by atoms with Crippen molar-refractivity contribution in [2.24, 2.45) is 5.92 Å². The van der Waals surface area contributed by atoms with Crippen LogP contribution >= 0.6 is 0 Å². The summed E-state index contributed by atoms with van der Waals surface area (Å²) < 4.78 is 9.76. The minimum atomic E-state index is -0.763. The summed E-state index contributed by atoms with van der Waals surface area (Å²) in [7, 11) is 0. The second-order valence-corrected chi connectivity index (χ2v) is 8.28. The molecular weight excluding hydrogens is 420 g/mol. The van der Waals surface area contributed by atoms with Crippen LogP contribution in [0.5, 0.6) is 5.75 Å². The zero-order valence-corrected chi connectivity index (χ0v) is 19.3. The predicted molar refractivity (Wildman–Crippen MR) is 125 cm³/mol. The molecule has 0 atom stereocenters. The summed E-state index contributed by atoms with van der Waals surface area (Å²) in [6, 6.07) is 14.6. The predicted octanol–water partition coefficient (Wildman–Crippen LogP) is 4.13. The molecule has 7 nitrogen and oxygen atoms in total. The Bertz CT molecular complexity index is 949. The second-order valence-electron chi connectivity index (χ2n) is 8.28. The maximum absolute atomic E-state index is 12.8. The van der Waals surface area contributed by atoms with Gasteiger partial charge in [-0.25, -0.2) is 4.79 Å². The van der Waals surface area contributed by atoms with Crippen LogP contribution in [0.25, 0.3) is 0 Å². The smallest absolute Gasteiger partial charge is 0.434 e. The fourth-order valence-corrected chi connectivity index (χ4v) is 3.92. The van der Waals surface area contributed by atoms with Crippen molar-refractivity contribution in [3.63, 3.8) is 0 Å². The van der Waals surface area contributed by atoms with Crippen LogP contribution < -0.4 is 10.1 Å². The Morgan fingerprint density at radius 3 is 2.39 bits per heavy atom. The van der Waals surface area contributed by atoms with Gasteiger partial charge in [-0.15, -0.1) is 0 Å². The van der Waals surface area contributed by atoms with Gasteiger partial charge in [-0.1, -0.05) is 24.3 Å². The molecule has 3 rings (SSSR count). The quantitative estimate of drug-likeness (QED) is 0.481. The normalized spacial score (nSPS) is 13.9. The molecular formula is C26H32N2O5. The highest BCUT2D eigenvalue weighted by Gasteiger charge is 2.24. The van der Waals surface area contributed by atoms with Gasteiger partial charge >= 0.3 is 6.16 Å². The Morgan fingerprint density at radius 1 is 1.03 bits per heavy atom. The number of rotatable bonds is 8. The van der Waals surface area contributed by atoms with Crippen LogP contribution in [0.3, 0.4) is 0 Å². The number of hydrogen-bond acceptors (Lipinski definition) is 5. The van der Waals surface area contributed by atoms with Crippen LogP contribution in [0.1, 0.15) is 47.7 Å². The molecule has 7 heteroatoms. The molecule has 0 aromatic heterocycles. The highest BCUT2D eigenvalue weighted by Crippen LogP contribution is 2.20. The van der Waals surface area contributed by atoms with E-state index in [1.54, 1.807) is 31.2 Å². The molecule has 0 radical (unpaired) electrons. The minimum absolute atomic E-state index is 0.0431. The number of amides is 2. The Labute approximate surface area is 195 Å². The first-order chi connectivity index (χ1) is 16.0. The van der Waals surface area contributed by atoms with Crippen molar-refractivity contribution in [3.05, 3.63) is 65.2 Å². The largest absolute Gasteiger partial charge is 0.513 e. The fraction of sp³-hybridized carbons (Fsp3) is 0.423. The number of carbonyl (C=O) groups is 3. The summed E-state index contributed by atoms with van der Waals surface area (Å²) in [6.45, 7) is 5.96. The second kappa shape index (κ2) is 12.0. The summed E-state index contributed by atoms with van der Waals surface area (Å²) in [5, 5.41) is 3.05. The van der Waals surface area contributed by atoms with Crippen molar-refractivity contribution in [2.75, 3.05) is 26.2 Å². The van der Waals surface area contributed by atoms with Gasteiger partial charge in [-0.3, -0.25) is 9.59 Å². The van der Waals surface area contributed by atoms with Gasteiger partial charge in [0.2, 0.25) is 5.91 Å². The average Bonchev–Trinajstić information content (AvgIpc) is 2.83. The van der Waals surface area contributed by atoms with Gasteiger partial charge in [0.25, 0.3) is 5.91 Å². The van der Waals surface area contributed by atoms with E-state index >= 15 is 0 Å². The van der Waals surface area contributed by atoms with Crippen LogP contribution in [-0.2, 0) is 16.0 Å². The first kappa shape index (κ1) is 24.3. The molecule has 0 spiro atoms. The molecule has 33 heavy (non-hydrogen) atoms. The zero-order valence-electron chi connectivity index (χ0n) is 19.3. The van der Waals surface area contributed by atoms with Crippen LogP contribution in [0, 0.1) is 12.8 Å². The monoisotopic (exact) mass is 452 g/mol. The van der Waals surface area contributed by atoms with Gasteiger partial charge in [0.15, 0.2) is 0 Å². The van der Waals surface area contributed by atoms with E-state index < -0.39 is 6.16 Å². The van der Waals surface area contributed by atoms with Gasteiger partial charge < -0.3 is 19.7 Å². The van der Waals surface area contributed by atoms with E-state index in [4.69, 9.17) is 9.47 Å². The third-order valence-corrected chi connectivity index (χ3v) is 5.94. The number of likely N-dealkylation sites (tertiary alicyclic amines) is 1. The maximum atomic E-state index is 12.8. The molecule has 1 saturated heterocycles. The molecule has 176 valence electrons. The number of benzene rings is 2. The number of piperidine rings is 1. The average molecular weight is 453 g/mol. The van der Waals surface area contributed by atoms with Gasteiger partial charge in [0.05, 0.1) is 6.61 Å². The molecule has 0 aliphatic carbocycles. The third kappa shape index (κ3) is 7.34. The number of carbonyl (C=O) groups excluding carboxylic acids is 3. The van der Waals surface area contributed by atoms with Crippen molar-refractivity contribution in [3.8, 4) is 5.75 Å². The number of hydrogen-bond donors (Lipinski definition) is 1. The molecule has 2 aromatic carbocycles. The summed E-state index contributed by atoms with van der Waals surface area (Å²) >= 11 is 0. The van der Waals surface area contributed by atoms with E-state index in [1.165, 1.54) is 11.1 Å². The first-order valence-corrected chi connectivity index (χ1v) is 11.5. The van der Waals surface area contributed by atoms with Crippen molar-refractivity contribution in [1.29, 1.82) is 0 Å². The van der Waals surface area contributed by atoms with E-state index in [-0.39, 0.29) is 18.4 Å². The molecule has 0 unspecified atom stereocenters. The third-order valence-electron chi connectivity index (χ3n) is 5.94. The lowest BCUT2D eigenvalue weighted by Gasteiger charge is -2.32. The molecule has 2 amide bonds. The molecule has 1 aliphatic rings. The molecule has 1 aliphatic heterocycles. The summed E-state index contributed by atoms with van der Waals surface area (Å²) in [6.07, 6.45) is 2.18. The van der Waals surface area contributed by atoms with Crippen LogP contribution in [0.15, 0.2) is 48.5 Å².